The molecule has 0 aromatic carbocycles. The van der Waals surface area contributed by atoms with Crippen molar-refractivity contribution in [1.82, 2.24) is 14.1 Å². The van der Waals surface area contributed by atoms with E-state index in [2.05, 4.69) is 10.3 Å². The highest BCUT2D eigenvalue weighted by Crippen LogP contribution is 2.60. The van der Waals surface area contributed by atoms with E-state index in [1.807, 2.05) is 0 Å². The van der Waals surface area contributed by atoms with Gasteiger partial charge in [0.2, 0.25) is 5.91 Å². The van der Waals surface area contributed by atoms with Crippen LogP contribution in [0.4, 0.5) is 5.69 Å². The van der Waals surface area contributed by atoms with Crippen LogP contribution in [-0.4, -0.2) is 20.0 Å². The number of carbonyl (C=O) groups excluding carboxylic acids is 1. The summed E-state index contributed by atoms with van der Waals surface area (Å²) >= 11 is 0. The second-order valence-electron chi connectivity index (χ2n) is 8.95. The van der Waals surface area contributed by atoms with Crippen LogP contribution in [0.5, 0.6) is 0 Å². The highest BCUT2D eigenvalue weighted by Gasteiger charge is 2.54. The molecule has 7 nitrogen and oxygen atoms in total. The van der Waals surface area contributed by atoms with Gasteiger partial charge < -0.3 is 5.32 Å². The number of carbonyl (C=O) groups is 1. The molecule has 27 heavy (non-hydrogen) atoms. The van der Waals surface area contributed by atoms with E-state index in [1.165, 1.54) is 30.9 Å². The van der Waals surface area contributed by atoms with E-state index >= 15 is 0 Å². The van der Waals surface area contributed by atoms with Crippen LogP contribution < -0.4 is 16.6 Å². The molecular formula is C20H24N4O3. The molecule has 0 radical (unpaired) electrons. The summed E-state index contributed by atoms with van der Waals surface area (Å²) in [6, 6.07) is 1.64. The van der Waals surface area contributed by atoms with Crippen molar-refractivity contribution in [2.75, 3.05) is 5.32 Å². The fourth-order valence-corrected chi connectivity index (χ4v) is 6.19. The zero-order chi connectivity index (χ0) is 18.9. The maximum absolute atomic E-state index is 13.2. The first-order valence-electron chi connectivity index (χ1n) is 9.73. The molecule has 6 rings (SSSR count). The van der Waals surface area contributed by atoms with Crippen molar-refractivity contribution in [3.05, 3.63) is 33.1 Å². The van der Waals surface area contributed by atoms with Crippen molar-refractivity contribution in [1.29, 1.82) is 0 Å². The molecule has 0 saturated heterocycles. The number of aryl methyl sites for hydroxylation is 1. The molecule has 0 spiro atoms. The Kier molecular flexibility index (Phi) is 3.42. The largest absolute Gasteiger partial charge is 0.332 e. The van der Waals surface area contributed by atoms with Crippen molar-refractivity contribution >= 4 is 22.6 Å². The second kappa shape index (κ2) is 5.53. The Labute approximate surface area is 156 Å². The Morgan fingerprint density at radius 1 is 1.07 bits per heavy atom. The van der Waals surface area contributed by atoms with Crippen molar-refractivity contribution < 1.29 is 4.79 Å². The molecule has 2 heterocycles. The molecule has 4 aliphatic rings. The summed E-state index contributed by atoms with van der Waals surface area (Å²) in [6.07, 6.45) is 8.36. The third-order valence-electron chi connectivity index (χ3n) is 7.07. The van der Waals surface area contributed by atoms with Crippen molar-refractivity contribution in [2.24, 2.45) is 37.3 Å². The van der Waals surface area contributed by atoms with Crippen LogP contribution in [0.15, 0.2) is 21.9 Å². The highest BCUT2D eigenvalue weighted by atomic mass is 16.2. The molecule has 142 valence electrons. The number of rotatable bonds is 2. The Morgan fingerprint density at radius 3 is 2.26 bits per heavy atom. The van der Waals surface area contributed by atoms with Crippen molar-refractivity contribution in [2.45, 2.75) is 38.5 Å². The summed E-state index contributed by atoms with van der Waals surface area (Å²) in [5, 5.41) is 3.37. The van der Waals surface area contributed by atoms with Gasteiger partial charge in [-0.15, -0.1) is 0 Å². The molecule has 0 aliphatic heterocycles. The summed E-state index contributed by atoms with van der Waals surface area (Å²) in [5.41, 5.74) is -0.204. The Bertz CT molecular complexity index is 1050. The molecule has 4 aliphatic carbocycles. The van der Waals surface area contributed by atoms with Crippen LogP contribution >= 0.6 is 0 Å². The van der Waals surface area contributed by atoms with Crippen LogP contribution in [0, 0.1) is 23.2 Å². The van der Waals surface area contributed by atoms with Gasteiger partial charge in [-0.25, -0.2) is 9.78 Å². The first-order chi connectivity index (χ1) is 12.9. The third-order valence-corrected chi connectivity index (χ3v) is 7.07. The monoisotopic (exact) mass is 368 g/mol. The minimum atomic E-state index is -0.412. The van der Waals surface area contributed by atoms with Gasteiger partial charge >= 0.3 is 5.69 Å². The van der Waals surface area contributed by atoms with E-state index in [-0.39, 0.29) is 11.3 Å². The molecule has 7 heteroatoms. The number of aromatic nitrogens is 3. The fourth-order valence-electron chi connectivity index (χ4n) is 6.19. The summed E-state index contributed by atoms with van der Waals surface area (Å²) in [6.45, 7) is 0. The minimum Gasteiger partial charge on any atom is -0.324 e. The maximum Gasteiger partial charge on any atom is 0.332 e. The van der Waals surface area contributed by atoms with Gasteiger partial charge in [0.05, 0.1) is 22.7 Å². The van der Waals surface area contributed by atoms with Gasteiger partial charge in [-0.2, -0.15) is 0 Å². The SMILES string of the molecule is Cn1c(=O)c2cc(NC(=O)C34CC5CC(CC(C5)C3)C4)cnc2n(C)c1=O. The first-order valence-corrected chi connectivity index (χ1v) is 9.73. The van der Waals surface area contributed by atoms with Gasteiger partial charge in [0.25, 0.3) is 5.56 Å². The van der Waals surface area contributed by atoms with Gasteiger partial charge in [-0.1, -0.05) is 0 Å². The number of nitrogens with one attached hydrogen (secondary N) is 1. The molecule has 1 amide bonds. The first kappa shape index (κ1) is 16.7. The van der Waals surface area contributed by atoms with E-state index in [4.69, 9.17) is 0 Å². The smallest absolute Gasteiger partial charge is 0.324 e. The Balaban J connectivity index is 1.49. The normalized spacial score (nSPS) is 31.4. The Hall–Kier alpha value is -2.44. The number of pyridine rings is 1. The number of hydrogen-bond acceptors (Lipinski definition) is 4. The predicted molar refractivity (Wildman–Crippen MR) is 101 cm³/mol. The quantitative estimate of drug-likeness (QED) is 0.876. The second-order valence-corrected chi connectivity index (χ2v) is 8.95. The van der Waals surface area contributed by atoms with Gasteiger partial charge in [0.1, 0.15) is 5.65 Å². The van der Waals surface area contributed by atoms with Crippen LogP contribution in [-0.2, 0) is 18.9 Å². The Morgan fingerprint density at radius 2 is 1.67 bits per heavy atom. The van der Waals surface area contributed by atoms with Crippen molar-refractivity contribution in [3.63, 3.8) is 0 Å². The van der Waals surface area contributed by atoms with Gasteiger partial charge in [0, 0.05) is 14.1 Å². The lowest BCUT2D eigenvalue weighted by atomic mass is 9.49. The maximum atomic E-state index is 13.2. The van der Waals surface area contributed by atoms with Crippen LogP contribution in [0.1, 0.15) is 38.5 Å². The lowest BCUT2D eigenvalue weighted by Crippen LogP contribution is -2.51. The molecule has 0 atom stereocenters. The predicted octanol–water partition coefficient (Wildman–Crippen LogP) is 1.79. The number of nitrogens with zero attached hydrogens (tertiary/aromatic N) is 3. The summed E-state index contributed by atoms with van der Waals surface area (Å²) < 4.78 is 2.41. The van der Waals surface area contributed by atoms with Gasteiger partial charge in [-0.05, 0) is 62.3 Å². The average Bonchev–Trinajstić information content (AvgIpc) is 2.63. The van der Waals surface area contributed by atoms with E-state index in [0.29, 0.717) is 34.5 Å². The van der Waals surface area contributed by atoms with Gasteiger partial charge in [0.15, 0.2) is 0 Å². The average molecular weight is 368 g/mol. The highest BCUT2D eigenvalue weighted by molar-refractivity contribution is 5.96. The molecule has 4 bridgehead atoms. The van der Waals surface area contributed by atoms with Crippen LogP contribution in [0.2, 0.25) is 0 Å². The third kappa shape index (κ3) is 2.40. The lowest BCUT2D eigenvalue weighted by molar-refractivity contribution is -0.140. The number of anilines is 1. The minimum absolute atomic E-state index is 0.0735. The van der Waals surface area contributed by atoms with Crippen LogP contribution in [0.3, 0.4) is 0 Å². The van der Waals surface area contributed by atoms with Crippen LogP contribution in [0.25, 0.3) is 11.0 Å². The molecule has 4 saturated carbocycles. The summed E-state index contributed by atoms with van der Waals surface area (Å²) in [5.74, 6) is 2.15. The molecular weight excluding hydrogens is 344 g/mol. The molecule has 0 unspecified atom stereocenters. The molecule has 2 aromatic rings. The number of fused-ring (bicyclic) bond motifs is 1. The zero-order valence-corrected chi connectivity index (χ0v) is 15.7. The summed E-state index contributed by atoms with van der Waals surface area (Å²) in [4.78, 5) is 42.0. The van der Waals surface area contributed by atoms with E-state index in [0.717, 1.165) is 23.8 Å². The van der Waals surface area contributed by atoms with E-state index in [9.17, 15) is 14.4 Å². The van der Waals surface area contributed by atoms with E-state index < -0.39 is 11.2 Å². The molecule has 1 N–H and O–H groups in total. The standard InChI is InChI=1S/C20H24N4O3/c1-23-16-15(17(25)24(2)19(23)27)6-14(10-21-16)22-18(26)20-7-11-3-12(8-20)5-13(4-11)9-20/h6,10-13H,3-5,7-9H2,1-2H3,(H,22,26). The topological polar surface area (TPSA) is 86.0 Å². The number of amides is 1. The lowest BCUT2D eigenvalue weighted by Gasteiger charge is -2.55. The molecule has 4 fully saturated rings. The zero-order valence-electron chi connectivity index (χ0n) is 15.7. The van der Waals surface area contributed by atoms with E-state index in [1.54, 1.807) is 19.3 Å². The molecule has 2 aromatic heterocycles. The van der Waals surface area contributed by atoms with Gasteiger partial charge in [-0.3, -0.25) is 18.7 Å². The van der Waals surface area contributed by atoms with Crippen molar-refractivity contribution in [3.8, 4) is 0 Å². The summed E-state index contributed by atoms with van der Waals surface area (Å²) in [7, 11) is 3.04. The fraction of sp³-hybridized carbons (Fsp3) is 0.600. The number of hydrogen-bond donors (Lipinski definition) is 1.